The van der Waals surface area contributed by atoms with Crippen LogP contribution >= 0.6 is 27.7 Å². The highest BCUT2D eigenvalue weighted by Crippen LogP contribution is 2.42. The summed E-state index contributed by atoms with van der Waals surface area (Å²) in [7, 11) is 0. The van der Waals surface area contributed by atoms with Gasteiger partial charge in [-0.15, -0.1) is 16.8 Å². The van der Waals surface area contributed by atoms with Crippen LogP contribution in [0.5, 0.6) is 0 Å². The first-order valence-corrected chi connectivity index (χ1v) is 12.0. The van der Waals surface area contributed by atoms with Crippen molar-refractivity contribution in [3.63, 3.8) is 0 Å². The largest absolute Gasteiger partial charge is 0.299 e. The summed E-state index contributed by atoms with van der Waals surface area (Å²) in [6, 6.07) is 19.5. The van der Waals surface area contributed by atoms with Gasteiger partial charge in [-0.3, -0.25) is 4.57 Å². The van der Waals surface area contributed by atoms with Gasteiger partial charge >= 0.3 is 0 Å². The number of halogens is 1. The molecule has 0 spiro atoms. The van der Waals surface area contributed by atoms with Crippen molar-refractivity contribution in [2.24, 2.45) is 0 Å². The lowest BCUT2D eigenvalue weighted by molar-refractivity contribution is 0.339. The lowest BCUT2D eigenvalue weighted by Crippen LogP contribution is -2.15. The second-order valence-corrected chi connectivity index (χ2v) is 9.60. The molecule has 2 aromatic carbocycles. The molecule has 1 fully saturated rings. The molecule has 0 amide bonds. The molecule has 3 nitrogen and oxygen atoms in total. The van der Waals surface area contributed by atoms with Crippen molar-refractivity contribution in [2.45, 2.75) is 55.0 Å². The molecule has 1 aromatic heterocycles. The fraction of sp³-hybridized carbons (Fsp3) is 0.333. The summed E-state index contributed by atoms with van der Waals surface area (Å²) in [6.07, 6.45) is 9.20. The Bertz CT molecular complexity index is 931. The second kappa shape index (κ2) is 9.77. The van der Waals surface area contributed by atoms with Crippen molar-refractivity contribution >= 4 is 27.7 Å². The molecule has 4 rings (SSSR count). The quantitative estimate of drug-likeness (QED) is 0.264. The molecule has 0 saturated heterocycles. The average molecular weight is 468 g/mol. The maximum Gasteiger partial charge on any atom is 0.192 e. The fourth-order valence-electron chi connectivity index (χ4n) is 4.02. The predicted octanol–water partition coefficient (Wildman–Crippen LogP) is 7.62. The van der Waals surface area contributed by atoms with E-state index in [2.05, 4.69) is 91.9 Å². The highest BCUT2D eigenvalue weighted by Gasteiger charge is 2.26. The van der Waals surface area contributed by atoms with Crippen LogP contribution in [0, 0.1) is 0 Å². The van der Waals surface area contributed by atoms with Gasteiger partial charge in [0.15, 0.2) is 11.0 Å². The molecule has 1 aliphatic rings. The molecule has 0 radical (unpaired) electrons. The normalized spacial score (nSPS) is 15.9. The molecule has 1 aliphatic carbocycles. The Balaban J connectivity index is 1.72. The van der Waals surface area contributed by atoms with Gasteiger partial charge in [0.2, 0.25) is 0 Å². The number of benzene rings is 2. The van der Waals surface area contributed by atoms with Gasteiger partial charge in [0.25, 0.3) is 0 Å². The molecule has 1 heterocycles. The molecule has 0 bridgehead atoms. The fourth-order valence-corrected chi connectivity index (χ4v) is 5.50. The summed E-state index contributed by atoms with van der Waals surface area (Å²) in [5, 5.41) is 10.6. The molecule has 5 heteroatoms. The van der Waals surface area contributed by atoms with Crippen molar-refractivity contribution in [3.8, 4) is 11.4 Å². The Hall–Kier alpha value is -1.85. The maximum atomic E-state index is 4.67. The van der Waals surface area contributed by atoms with Gasteiger partial charge in [0, 0.05) is 21.3 Å². The van der Waals surface area contributed by atoms with Crippen molar-refractivity contribution in [1.82, 2.24) is 14.8 Å². The lowest BCUT2D eigenvalue weighted by Gasteiger charge is -2.26. The molecule has 1 atom stereocenters. The molecule has 29 heavy (non-hydrogen) atoms. The first-order chi connectivity index (χ1) is 14.3. The second-order valence-electron chi connectivity index (χ2n) is 7.52. The minimum Gasteiger partial charge on any atom is -0.299 e. The predicted molar refractivity (Wildman–Crippen MR) is 125 cm³/mol. The smallest absolute Gasteiger partial charge is 0.192 e. The van der Waals surface area contributed by atoms with Gasteiger partial charge in [-0.25, -0.2) is 0 Å². The first-order valence-electron chi connectivity index (χ1n) is 10.3. The van der Waals surface area contributed by atoms with E-state index in [1.165, 1.54) is 37.7 Å². The molecule has 150 valence electrons. The van der Waals surface area contributed by atoms with Gasteiger partial charge in [-0.2, -0.15) is 0 Å². The number of aromatic nitrogens is 3. The van der Waals surface area contributed by atoms with Crippen LogP contribution in [0.4, 0.5) is 0 Å². The van der Waals surface area contributed by atoms with Crippen LogP contribution in [-0.4, -0.2) is 14.8 Å². The van der Waals surface area contributed by atoms with Crippen LogP contribution in [-0.2, 0) is 0 Å². The van der Waals surface area contributed by atoms with Crippen molar-refractivity contribution in [2.75, 3.05) is 0 Å². The van der Waals surface area contributed by atoms with Crippen molar-refractivity contribution in [3.05, 3.63) is 77.3 Å². The minimum absolute atomic E-state index is 0.290. The number of allylic oxidation sites excluding steroid dienone is 1. The topological polar surface area (TPSA) is 30.7 Å². The number of nitrogens with zero attached hydrogens (tertiary/aromatic N) is 3. The van der Waals surface area contributed by atoms with Gasteiger partial charge < -0.3 is 0 Å². The minimum atomic E-state index is 0.290. The molecule has 1 saturated carbocycles. The third-order valence-corrected chi connectivity index (χ3v) is 7.27. The molecule has 1 unspecified atom stereocenters. The zero-order valence-corrected chi connectivity index (χ0v) is 18.9. The SMILES string of the molecule is C=CCC(Sc1nnc(-c2ccc(Br)cc2)n1C1CCCCC1)c1ccccc1. The summed E-state index contributed by atoms with van der Waals surface area (Å²) >= 11 is 5.35. The standard InChI is InChI=1S/C24H26BrN3S/c1-2-9-22(18-10-5-3-6-11-18)29-24-27-26-23(19-14-16-20(25)17-15-19)28(24)21-12-7-4-8-13-21/h2-3,5-6,10-11,14-17,21-22H,1,4,7-9,12-13H2. The van der Waals surface area contributed by atoms with Crippen LogP contribution in [0.2, 0.25) is 0 Å². The van der Waals surface area contributed by atoms with Crippen LogP contribution in [0.3, 0.4) is 0 Å². The average Bonchev–Trinajstić information content (AvgIpc) is 3.19. The Morgan fingerprint density at radius 1 is 1.03 bits per heavy atom. The number of thioether (sulfide) groups is 1. The Morgan fingerprint density at radius 2 is 1.76 bits per heavy atom. The van der Waals surface area contributed by atoms with E-state index in [1.807, 2.05) is 17.8 Å². The van der Waals surface area contributed by atoms with Gasteiger partial charge in [0.05, 0.1) is 0 Å². The van der Waals surface area contributed by atoms with E-state index in [0.29, 0.717) is 6.04 Å². The summed E-state index contributed by atoms with van der Waals surface area (Å²) in [5.41, 5.74) is 2.43. The Labute approximate surface area is 185 Å². The van der Waals surface area contributed by atoms with E-state index in [-0.39, 0.29) is 5.25 Å². The summed E-state index contributed by atoms with van der Waals surface area (Å²) in [5.74, 6) is 0.984. The summed E-state index contributed by atoms with van der Waals surface area (Å²) < 4.78 is 3.49. The van der Waals surface area contributed by atoms with Crippen LogP contribution in [0.15, 0.2) is 76.9 Å². The Kier molecular flexibility index (Phi) is 6.88. The molecule has 3 aromatic rings. The van der Waals surface area contributed by atoms with Gasteiger partial charge in [-0.05, 0) is 37.0 Å². The van der Waals surface area contributed by atoms with E-state index in [4.69, 9.17) is 0 Å². The van der Waals surface area contributed by atoms with Gasteiger partial charge in [-0.1, -0.05) is 95.5 Å². The Morgan fingerprint density at radius 3 is 2.45 bits per heavy atom. The third-order valence-electron chi connectivity index (χ3n) is 5.51. The van der Waals surface area contributed by atoms with E-state index >= 15 is 0 Å². The van der Waals surface area contributed by atoms with Crippen LogP contribution in [0.25, 0.3) is 11.4 Å². The zero-order valence-electron chi connectivity index (χ0n) is 16.5. The van der Waals surface area contributed by atoms with Crippen molar-refractivity contribution < 1.29 is 0 Å². The molecular formula is C24H26BrN3S. The molecule has 0 N–H and O–H groups in total. The summed E-state index contributed by atoms with van der Waals surface area (Å²) in [6.45, 7) is 3.98. The molecule has 0 aliphatic heterocycles. The van der Waals surface area contributed by atoms with Crippen molar-refractivity contribution in [1.29, 1.82) is 0 Å². The maximum absolute atomic E-state index is 4.67. The zero-order chi connectivity index (χ0) is 20.1. The van der Waals surface area contributed by atoms with Gasteiger partial charge in [0.1, 0.15) is 0 Å². The van der Waals surface area contributed by atoms with E-state index < -0.39 is 0 Å². The third kappa shape index (κ3) is 4.84. The monoisotopic (exact) mass is 467 g/mol. The first kappa shape index (κ1) is 20.4. The summed E-state index contributed by atoms with van der Waals surface area (Å²) in [4.78, 5) is 0. The van der Waals surface area contributed by atoms with E-state index in [1.54, 1.807) is 0 Å². The highest BCUT2D eigenvalue weighted by molar-refractivity contribution is 9.10. The number of hydrogen-bond donors (Lipinski definition) is 0. The lowest BCUT2D eigenvalue weighted by atomic mass is 9.95. The molecular weight excluding hydrogens is 442 g/mol. The van der Waals surface area contributed by atoms with Crippen LogP contribution < -0.4 is 0 Å². The number of rotatable bonds is 7. The van der Waals surface area contributed by atoms with Crippen LogP contribution in [0.1, 0.15) is 55.4 Å². The van der Waals surface area contributed by atoms with E-state index in [0.717, 1.165) is 27.4 Å². The van der Waals surface area contributed by atoms with E-state index in [9.17, 15) is 0 Å². The number of hydrogen-bond acceptors (Lipinski definition) is 3. The highest BCUT2D eigenvalue weighted by atomic mass is 79.9.